The van der Waals surface area contributed by atoms with Gasteiger partial charge in [0, 0.05) is 25.6 Å². The molecule has 0 aromatic carbocycles. The molecule has 2 nitrogen and oxygen atoms in total. The van der Waals surface area contributed by atoms with Gasteiger partial charge >= 0.3 is 0 Å². The fourth-order valence-electron chi connectivity index (χ4n) is 1.89. The molecule has 13 heavy (non-hydrogen) atoms. The molecule has 1 aliphatic heterocycles. The average Bonchev–Trinajstić information content (AvgIpc) is 1.78. The summed E-state index contributed by atoms with van der Waals surface area (Å²) >= 11 is 0. The van der Waals surface area contributed by atoms with E-state index in [0.717, 1.165) is 0 Å². The first-order valence-electron chi connectivity index (χ1n) is 4.75. The lowest BCUT2D eigenvalue weighted by Gasteiger charge is -2.36. The number of likely N-dealkylation sites (tertiary alicyclic amines) is 1. The normalized spacial score (nSPS) is 29.5. The molecule has 0 aromatic rings. The van der Waals surface area contributed by atoms with Crippen LogP contribution in [0.1, 0.15) is 20.3 Å². The molecule has 2 N–H and O–H groups in total. The van der Waals surface area contributed by atoms with E-state index in [1.807, 2.05) is 13.8 Å². The molecule has 0 aromatic heterocycles. The molecule has 1 heterocycles. The summed E-state index contributed by atoms with van der Waals surface area (Å²) in [5.41, 5.74) is 5.55. The topological polar surface area (TPSA) is 29.3 Å². The van der Waals surface area contributed by atoms with E-state index < -0.39 is 5.92 Å². The maximum absolute atomic E-state index is 13.0. The predicted octanol–water partition coefficient (Wildman–Crippen LogP) is 1.31. The van der Waals surface area contributed by atoms with E-state index in [2.05, 4.69) is 0 Å². The molecule has 0 amide bonds. The highest BCUT2D eigenvalue weighted by Gasteiger charge is 2.38. The largest absolute Gasteiger partial charge is 0.326 e. The number of nitrogens with two attached hydrogens (primary N) is 1. The molecule has 0 aliphatic carbocycles. The number of nitrogens with zero attached hydrogens (tertiary/aromatic N) is 1. The van der Waals surface area contributed by atoms with E-state index in [1.165, 1.54) is 0 Å². The van der Waals surface area contributed by atoms with Crippen LogP contribution in [0, 0.1) is 5.92 Å². The molecule has 1 saturated heterocycles. The van der Waals surface area contributed by atoms with Crippen LogP contribution in [0.3, 0.4) is 0 Å². The molecule has 4 heteroatoms. The Kier molecular flexibility index (Phi) is 3.24. The van der Waals surface area contributed by atoms with Crippen molar-refractivity contribution >= 4 is 0 Å². The van der Waals surface area contributed by atoms with Crippen molar-refractivity contribution in [1.82, 2.24) is 4.90 Å². The molecule has 0 bridgehead atoms. The minimum Gasteiger partial charge on any atom is -0.326 e. The number of piperidine rings is 1. The first kappa shape index (κ1) is 10.9. The molecule has 78 valence electrons. The summed E-state index contributed by atoms with van der Waals surface area (Å²) in [5, 5.41) is 0. The Hall–Kier alpha value is -0.220. The lowest BCUT2D eigenvalue weighted by atomic mass is 10.0. The minimum absolute atomic E-state index is 0.126. The number of rotatable bonds is 2. The van der Waals surface area contributed by atoms with Crippen LogP contribution in [-0.2, 0) is 0 Å². The van der Waals surface area contributed by atoms with Gasteiger partial charge in [0.05, 0.1) is 6.54 Å². The fraction of sp³-hybridized carbons (Fsp3) is 1.00. The summed E-state index contributed by atoms with van der Waals surface area (Å²) in [5.74, 6) is -2.17. The van der Waals surface area contributed by atoms with Gasteiger partial charge in [-0.3, -0.25) is 4.90 Å². The molecular weight excluding hydrogens is 174 g/mol. The quantitative estimate of drug-likeness (QED) is 0.714. The van der Waals surface area contributed by atoms with Crippen LogP contribution in [-0.4, -0.2) is 36.5 Å². The highest BCUT2D eigenvalue weighted by Crippen LogP contribution is 2.26. The Morgan fingerprint density at radius 1 is 1.54 bits per heavy atom. The Balaban J connectivity index is 2.48. The summed E-state index contributed by atoms with van der Waals surface area (Å²) in [4.78, 5) is 1.76. The second-order valence-electron chi connectivity index (χ2n) is 4.41. The maximum atomic E-state index is 13.0. The molecule has 1 rings (SSSR count). The van der Waals surface area contributed by atoms with Crippen LogP contribution in [0.15, 0.2) is 0 Å². The van der Waals surface area contributed by atoms with Gasteiger partial charge in [-0.2, -0.15) is 0 Å². The molecule has 0 saturated carbocycles. The molecule has 0 spiro atoms. The summed E-state index contributed by atoms with van der Waals surface area (Å²) in [7, 11) is 0. The van der Waals surface area contributed by atoms with Gasteiger partial charge in [0.25, 0.3) is 5.92 Å². The van der Waals surface area contributed by atoms with Gasteiger partial charge in [-0.1, -0.05) is 13.8 Å². The van der Waals surface area contributed by atoms with Crippen molar-refractivity contribution in [2.75, 3.05) is 19.6 Å². The zero-order valence-electron chi connectivity index (χ0n) is 8.26. The van der Waals surface area contributed by atoms with Crippen molar-refractivity contribution in [3.8, 4) is 0 Å². The van der Waals surface area contributed by atoms with E-state index in [1.54, 1.807) is 4.90 Å². The zero-order valence-corrected chi connectivity index (χ0v) is 8.26. The van der Waals surface area contributed by atoms with Crippen LogP contribution < -0.4 is 5.73 Å². The lowest BCUT2D eigenvalue weighted by Crippen LogP contribution is -2.53. The van der Waals surface area contributed by atoms with E-state index in [9.17, 15) is 8.78 Å². The summed E-state index contributed by atoms with van der Waals surface area (Å²) < 4.78 is 26.1. The number of halogens is 2. The monoisotopic (exact) mass is 192 g/mol. The third kappa shape index (κ3) is 3.56. The van der Waals surface area contributed by atoms with Gasteiger partial charge in [0.2, 0.25) is 0 Å². The summed E-state index contributed by atoms with van der Waals surface area (Å²) in [6.07, 6.45) is -0.165. The van der Waals surface area contributed by atoms with Crippen molar-refractivity contribution in [2.45, 2.75) is 32.2 Å². The third-order valence-corrected chi connectivity index (χ3v) is 2.13. The standard InChI is InChI=1S/C9H18F2N2/c1-7(2)4-13-5-8(12)3-9(10,11)6-13/h7-8H,3-6,12H2,1-2H3. The molecule has 1 unspecified atom stereocenters. The third-order valence-electron chi connectivity index (χ3n) is 2.13. The second kappa shape index (κ2) is 3.88. The highest BCUT2D eigenvalue weighted by molar-refractivity contribution is 4.86. The Labute approximate surface area is 78.1 Å². The number of hydrogen-bond donors (Lipinski definition) is 1. The van der Waals surface area contributed by atoms with Crippen LogP contribution in [0.4, 0.5) is 8.78 Å². The van der Waals surface area contributed by atoms with Crippen molar-refractivity contribution in [3.05, 3.63) is 0 Å². The fourth-order valence-corrected chi connectivity index (χ4v) is 1.89. The van der Waals surface area contributed by atoms with Gasteiger partial charge in [-0.05, 0) is 5.92 Å². The maximum Gasteiger partial charge on any atom is 0.262 e. The van der Waals surface area contributed by atoms with Gasteiger partial charge in [-0.25, -0.2) is 8.78 Å². The Bertz CT molecular complexity index is 169. The first-order valence-corrected chi connectivity index (χ1v) is 4.75. The Morgan fingerprint density at radius 3 is 2.62 bits per heavy atom. The van der Waals surface area contributed by atoms with E-state index in [0.29, 0.717) is 19.0 Å². The molecule has 0 radical (unpaired) electrons. The van der Waals surface area contributed by atoms with E-state index >= 15 is 0 Å². The summed E-state index contributed by atoms with van der Waals surface area (Å²) in [6, 6.07) is -0.373. The van der Waals surface area contributed by atoms with Crippen molar-refractivity contribution in [3.63, 3.8) is 0 Å². The molecule has 1 atom stereocenters. The van der Waals surface area contributed by atoms with Crippen LogP contribution >= 0.6 is 0 Å². The Morgan fingerprint density at radius 2 is 2.15 bits per heavy atom. The van der Waals surface area contributed by atoms with Gasteiger partial charge in [-0.15, -0.1) is 0 Å². The van der Waals surface area contributed by atoms with Crippen molar-refractivity contribution in [2.24, 2.45) is 11.7 Å². The minimum atomic E-state index is -2.59. The molecule has 1 fully saturated rings. The van der Waals surface area contributed by atoms with Crippen LogP contribution in [0.5, 0.6) is 0 Å². The van der Waals surface area contributed by atoms with Crippen molar-refractivity contribution < 1.29 is 8.78 Å². The average molecular weight is 192 g/mol. The smallest absolute Gasteiger partial charge is 0.262 e. The summed E-state index contributed by atoms with van der Waals surface area (Å²) in [6.45, 7) is 5.24. The van der Waals surface area contributed by atoms with E-state index in [4.69, 9.17) is 5.73 Å². The highest BCUT2D eigenvalue weighted by atomic mass is 19.3. The molecule has 1 aliphatic rings. The SMILES string of the molecule is CC(C)CN1CC(N)CC(F)(F)C1. The number of alkyl halides is 2. The van der Waals surface area contributed by atoms with Crippen molar-refractivity contribution in [1.29, 1.82) is 0 Å². The van der Waals surface area contributed by atoms with Gasteiger partial charge in [0.1, 0.15) is 0 Å². The first-order chi connectivity index (χ1) is 5.89. The predicted molar refractivity (Wildman–Crippen MR) is 48.8 cm³/mol. The van der Waals surface area contributed by atoms with E-state index in [-0.39, 0.29) is 19.0 Å². The lowest BCUT2D eigenvalue weighted by molar-refractivity contribution is -0.0725. The van der Waals surface area contributed by atoms with Crippen LogP contribution in [0.2, 0.25) is 0 Å². The zero-order chi connectivity index (χ0) is 10.1. The second-order valence-corrected chi connectivity index (χ2v) is 4.41. The van der Waals surface area contributed by atoms with Crippen LogP contribution in [0.25, 0.3) is 0 Å². The van der Waals surface area contributed by atoms with Gasteiger partial charge in [0.15, 0.2) is 0 Å². The molecular formula is C9H18F2N2. The van der Waals surface area contributed by atoms with Gasteiger partial charge < -0.3 is 5.73 Å². The number of hydrogen-bond acceptors (Lipinski definition) is 2.